The lowest BCUT2D eigenvalue weighted by Gasteiger charge is -2.22. The van der Waals surface area contributed by atoms with Gasteiger partial charge in [0.2, 0.25) is 0 Å². The summed E-state index contributed by atoms with van der Waals surface area (Å²) in [6, 6.07) is 5.48. The van der Waals surface area contributed by atoms with Gasteiger partial charge in [0.15, 0.2) is 0 Å². The molecule has 0 spiro atoms. The Kier molecular flexibility index (Phi) is 3.42. The minimum absolute atomic E-state index is 0.271. The molecule has 0 heterocycles. The molecule has 0 fully saturated rings. The summed E-state index contributed by atoms with van der Waals surface area (Å²) >= 11 is 0. The number of halogens is 1. The van der Waals surface area contributed by atoms with E-state index in [2.05, 4.69) is 0 Å². The van der Waals surface area contributed by atoms with Gasteiger partial charge in [-0.3, -0.25) is 0 Å². The SMILES string of the molecule is CCOC(=O)C(C)(N)c1ccc(F)cc1. The molecular formula is C11H14FNO2. The molecule has 0 saturated heterocycles. The molecule has 2 N–H and O–H groups in total. The van der Waals surface area contributed by atoms with E-state index in [1.54, 1.807) is 6.92 Å². The van der Waals surface area contributed by atoms with Crippen LogP contribution in [0.2, 0.25) is 0 Å². The van der Waals surface area contributed by atoms with Crippen LogP contribution in [0.4, 0.5) is 4.39 Å². The van der Waals surface area contributed by atoms with Gasteiger partial charge in [0.25, 0.3) is 0 Å². The van der Waals surface area contributed by atoms with E-state index < -0.39 is 11.5 Å². The zero-order valence-corrected chi connectivity index (χ0v) is 8.79. The van der Waals surface area contributed by atoms with Crippen molar-refractivity contribution in [3.05, 3.63) is 35.6 Å². The van der Waals surface area contributed by atoms with E-state index in [1.807, 2.05) is 0 Å². The highest BCUT2D eigenvalue weighted by Gasteiger charge is 2.31. The smallest absolute Gasteiger partial charge is 0.330 e. The van der Waals surface area contributed by atoms with E-state index in [-0.39, 0.29) is 12.4 Å². The summed E-state index contributed by atoms with van der Waals surface area (Å²) in [5, 5.41) is 0. The highest BCUT2D eigenvalue weighted by atomic mass is 19.1. The molecule has 0 aliphatic heterocycles. The lowest BCUT2D eigenvalue weighted by Crippen LogP contribution is -2.43. The minimum atomic E-state index is -1.23. The van der Waals surface area contributed by atoms with Crippen molar-refractivity contribution in [2.45, 2.75) is 19.4 Å². The molecule has 0 radical (unpaired) electrons. The van der Waals surface area contributed by atoms with E-state index in [1.165, 1.54) is 31.2 Å². The van der Waals surface area contributed by atoms with E-state index >= 15 is 0 Å². The topological polar surface area (TPSA) is 52.3 Å². The van der Waals surface area contributed by atoms with Crippen molar-refractivity contribution in [1.82, 2.24) is 0 Å². The molecule has 15 heavy (non-hydrogen) atoms. The van der Waals surface area contributed by atoms with E-state index in [9.17, 15) is 9.18 Å². The summed E-state index contributed by atoms with van der Waals surface area (Å²) in [4.78, 5) is 11.5. The van der Waals surface area contributed by atoms with Crippen molar-refractivity contribution in [3.8, 4) is 0 Å². The molecule has 1 unspecified atom stereocenters. The average molecular weight is 211 g/mol. The van der Waals surface area contributed by atoms with Crippen molar-refractivity contribution in [2.75, 3.05) is 6.61 Å². The van der Waals surface area contributed by atoms with Crippen molar-refractivity contribution in [1.29, 1.82) is 0 Å². The molecular weight excluding hydrogens is 197 g/mol. The van der Waals surface area contributed by atoms with Crippen LogP contribution >= 0.6 is 0 Å². The van der Waals surface area contributed by atoms with Crippen LogP contribution in [-0.4, -0.2) is 12.6 Å². The maximum absolute atomic E-state index is 12.7. The predicted octanol–water partition coefficient (Wildman–Crippen LogP) is 1.56. The first-order valence-corrected chi connectivity index (χ1v) is 4.70. The predicted molar refractivity (Wildman–Crippen MR) is 54.6 cm³/mol. The molecule has 3 nitrogen and oxygen atoms in total. The van der Waals surface area contributed by atoms with Gasteiger partial charge in [-0.1, -0.05) is 12.1 Å². The van der Waals surface area contributed by atoms with E-state index in [0.29, 0.717) is 5.56 Å². The van der Waals surface area contributed by atoms with Crippen LogP contribution in [-0.2, 0) is 15.1 Å². The Morgan fingerprint density at radius 1 is 1.47 bits per heavy atom. The van der Waals surface area contributed by atoms with Crippen LogP contribution in [0.1, 0.15) is 19.4 Å². The Labute approximate surface area is 88.0 Å². The first kappa shape index (κ1) is 11.7. The lowest BCUT2D eigenvalue weighted by atomic mass is 9.93. The Morgan fingerprint density at radius 3 is 2.47 bits per heavy atom. The standard InChI is InChI=1S/C11H14FNO2/c1-3-15-10(14)11(2,13)8-4-6-9(12)7-5-8/h4-7H,3,13H2,1-2H3. The average Bonchev–Trinajstić information content (AvgIpc) is 2.18. The normalized spacial score (nSPS) is 14.4. The maximum atomic E-state index is 12.7. The first-order valence-electron chi connectivity index (χ1n) is 4.70. The van der Waals surface area contributed by atoms with Crippen LogP contribution in [0.5, 0.6) is 0 Å². The van der Waals surface area contributed by atoms with Gasteiger partial charge < -0.3 is 10.5 Å². The summed E-state index contributed by atoms with van der Waals surface area (Å²) < 4.78 is 17.5. The first-order chi connectivity index (χ1) is 6.98. The molecule has 1 rings (SSSR count). The summed E-state index contributed by atoms with van der Waals surface area (Å²) in [5.41, 5.74) is 5.12. The van der Waals surface area contributed by atoms with Crippen molar-refractivity contribution < 1.29 is 13.9 Å². The quantitative estimate of drug-likeness (QED) is 0.772. The molecule has 1 atom stereocenters. The monoisotopic (exact) mass is 211 g/mol. The molecule has 0 aliphatic carbocycles. The van der Waals surface area contributed by atoms with Crippen molar-refractivity contribution >= 4 is 5.97 Å². The number of hydrogen-bond acceptors (Lipinski definition) is 3. The summed E-state index contributed by atoms with van der Waals surface area (Å²) in [5.74, 6) is -0.880. The summed E-state index contributed by atoms with van der Waals surface area (Å²) in [6.45, 7) is 3.52. The highest BCUT2D eigenvalue weighted by Crippen LogP contribution is 2.19. The molecule has 82 valence electrons. The maximum Gasteiger partial charge on any atom is 0.330 e. The van der Waals surface area contributed by atoms with Gasteiger partial charge in [0, 0.05) is 0 Å². The van der Waals surface area contributed by atoms with Crippen LogP contribution in [0, 0.1) is 5.82 Å². The summed E-state index contributed by atoms with van der Waals surface area (Å²) in [7, 11) is 0. The molecule has 0 saturated carbocycles. The number of carbonyl (C=O) groups excluding carboxylic acids is 1. The Morgan fingerprint density at radius 2 is 2.00 bits per heavy atom. The minimum Gasteiger partial charge on any atom is -0.464 e. The summed E-state index contributed by atoms with van der Waals surface area (Å²) in [6.07, 6.45) is 0. The third kappa shape index (κ3) is 2.53. The number of hydrogen-bond donors (Lipinski definition) is 1. The molecule has 1 aromatic carbocycles. The third-order valence-electron chi connectivity index (χ3n) is 2.14. The Balaban J connectivity index is 2.94. The van der Waals surface area contributed by atoms with Crippen molar-refractivity contribution in [2.24, 2.45) is 5.73 Å². The second-order valence-electron chi connectivity index (χ2n) is 3.43. The Bertz CT molecular complexity index is 346. The molecule has 0 amide bonds. The van der Waals surface area contributed by atoms with Gasteiger partial charge in [-0.15, -0.1) is 0 Å². The number of carbonyl (C=O) groups is 1. The Hall–Kier alpha value is -1.42. The number of nitrogens with two attached hydrogens (primary N) is 1. The largest absolute Gasteiger partial charge is 0.464 e. The molecule has 0 bridgehead atoms. The van der Waals surface area contributed by atoms with Crippen LogP contribution in [0.25, 0.3) is 0 Å². The van der Waals surface area contributed by atoms with E-state index in [4.69, 9.17) is 10.5 Å². The number of rotatable bonds is 3. The second kappa shape index (κ2) is 4.40. The highest BCUT2D eigenvalue weighted by molar-refractivity contribution is 5.81. The van der Waals surface area contributed by atoms with Gasteiger partial charge >= 0.3 is 5.97 Å². The second-order valence-corrected chi connectivity index (χ2v) is 3.43. The van der Waals surface area contributed by atoms with Gasteiger partial charge in [0.1, 0.15) is 11.4 Å². The van der Waals surface area contributed by atoms with Crippen LogP contribution in [0.15, 0.2) is 24.3 Å². The zero-order chi connectivity index (χ0) is 11.5. The van der Waals surface area contributed by atoms with Crippen LogP contribution < -0.4 is 5.73 Å². The van der Waals surface area contributed by atoms with Gasteiger partial charge in [0.05, 0.1) is 6.61 Å². The molecule has 4 heteroatoms. The molecule has 1 aromatic rings. The fourth-order valence-electron chi connectivity index (χ4n) is 1.19. The molecule has 0 aromatic heterocycles. The number of esters is 1. The number of benzene rings is 1. The van der Waals surface area contributed by atoms with Gasteiger partial charge in [-0.2, -0.15) is 0 Å². The fourth-order valence-corrected chi connectivity index (χ4v) is 1.19. The van der Waals surface area contributed by atoms with E-state index in [0.717, 1.165) is 0 Å². The molecule has 0 aliphatic rings. The lowest BCUT2D eigenvalue weighted by molar-refractivity contribution is -0.149. The van der Waals surface area contributed by atoms with Crippen LogP contribution in [0.3, 0.4) is 0 Å². The number of ether oxygens (including phenoxy) is 1. The van der Waals surface area contributed by atoms with Gasteiger partial charge in [-0.05, 0) is 31.5 Å². The zero-order valence-electron chi connectivity index (χ0n) is 8.79. The fraction of sp³-hybridized carbons (Fsp3) is 0.364. The van der Waals surface area contributed by atoms with Crippen molar-refractivity contribution in [3.63, 3.8) is 0 Å². The third-order valence-corrected chi connectivity index (χ3v) is 2.14. The van der Waals surface area contributed by atoms with Gasteiger partial charge in [-0.25, -0.2) is 9.18 Å².